The normalized spacial score (nSPS) is 12.3. The van der Waals surface area contributed by atoms with Gasteiger partial charge in [0.2, 0.25) is 0 Å². The monoisotopic (exact) mass is 318 g/mol. The SMILES string of the molecule is CCCC[P+](CCCC)(CCCC)P(=O)(O)O.[Cl-]. The second-order valence-electron chi connectivity index (χ2n) is 4.84. The summed E-state index contributed by atoms with van der Waals surface area (Å²) in [5.41, 5.74) is 0. The summed E-state index contributed by atoms with van der Waals surface area (Å²) < 4.78 is 11.9. The lowest BCUT2D eigenvalue weighted by Crippen LogP contribution is -3.00. The average molecular weight is 319 g/mol. The first-order valence-corrected chi connectivity index (χ1v) is 11.5. The maximum absolute atomic E-state index is 11.9. The maximum atomic E-state index is 11.9. The second-order valence-corrected chi connectivity index (χ2v) is 13.5. The summed E-state index contributed by atoms with van der Waals surface area (Å²) in [5.74, 6) is 0. The standard InChI is InChI=1S/C12H28O3P2.ClH/c1-4-7-10-16(11-8-5-2,12-9-6-3)17(13,14)15;/h4-12H2,1-3H3,(H-,13,14,15);1H. The molecule has 0 amide bonds. The largest absolute Gasteiger partial charge is 1.00 e. The Kier molecular flexibility index (Phi) is 12.5. The second kappa shape index (κ2) is 10.6. The quantitative estimate of drug-likeness (QED) is 0.600. The van der Waals surface area contributed by atoms with Gasteiger partial charge in [0.25, 0.3) is 0 Å². The number of halogens is 1. The molecule has 18 heavy (non-hydrogen) atoms. The minimum atomic E-state index is -3.88. The molecule has 0 aliphatic rings. The number of rotatable bonds is 10. The molecule has 0 aromatic heterocycles. The molecule has 0 unspecified atom stereocenters. The molecule has 0 saturated heterocycles. The summed E-state index contributed by atoms with van der Waals surface area (Å²) in [4.78, 5) is 19.5. The van der Waals surface area contributed by atoms with E-state index in [4.69, 9.17) is 0 Å². The average Bonchev–Trinajstić information content (AvgIpc) is 2.27. The van der Waals surface area contributed by atoms with E-state index in [9.17, 15) is 14.4 Å². The van der Waals surface area contributed by atoms with Crippen LogP contribution in [0.25, 0.3) is 0 Å². The Morgan fingerprint density at radius 2 is 1.11 bits per heavy atom. The first-order valence-electron chi connectivity index (χ1n) is 6.85. The zero-order chi connectivity index (χ0) is 13.4. The molecule has 3 nitrogen and oxygen atoms in total. The van der Waals surface area contributed by atoms with Crippen LogP contribution in [0.2, 0.25) is 0 Å². The van der Waals surface area contributed by atoms with Crippen molar-refractivity contribution in [2.45, 2.75) is 59.3 Å². The van der Waals surface area contributed by atoms with E-state index in [1.165, 1.54) is 0 Å². The molecule has 0 aliphatic carbocycles. The van der Waals surface area contributed by atoms with Gasteiger partial charge in [0.1, 0.15) is 6.95 Å². The molecule has 0 aromatic rings. The van der Waals surface area contributed by atoms with Crippen molar-refractivity contribution in [1.29, 1.82) is 0 Å². The molecule has 0 spiro atoms. The van der Waals surface area contributed by atoms with E-state index < -0.39 is 14.2 Å². The minimum absolute atomic E-state index is 0. The zero-order valence-corrected chi connectivity index (χ0v) is 14.5. The third-order valence-corrected chi connectivity index (χ3v) is 13.0. The fourth-order valence-electron chi connectivity index (χ4n) is 2.08. The van der Waals surface area contributed by atoms with Crippen LogP contribution in [0.4, 0.5) is 0 Å². The van der Waals surface area contributed by atoms with Gasteiger partial charge < -0.3 is 12.4 Å². The van der Waals surface area contributed by atoms with Crippen molar-refractivity contribution < 1.29 is 26.8 Å². The van der Waals surface area contributed by atoms with Gasteiger partial charge in [-0.25, -0.2) is 4.57 Å². The number of unbranched alkanes of at least 4 members (excludes halogenated alkanes) is 3. The Hall–Kier alpha value is 0.870. The predicted molar refractivity (Wildman–Crippen MR) is 78.3 cm³/mol. The highest BCUT2D eigenvalue weighted by Crippen LogP contribution is 2.86. The molecule has 0 bridgehead atoms. The number of hydrogen-bond donors (Lipinski definition) is 2. The lowest BCUT2D eigenvalue weighted by atomic mass is 10.4. The molecule has 0 aliphatic heterocycles. The summed E-state index contributed by atoms with van der Waals surface area (Å²) in [7, 11) is -3.88. The van der Waals surface area contributed by atoms with Crippen LogP contribution in [0.1, 0.15) is 59.3 Å². The molecule has 0 saturated carbocycles. The lowest BCUT2D eigenvalue weighted by Gasteiger charge is -2.27. The van der Waals surface area contributed by atoms with Gasteiger partial charge in [0.05, 0.1) is 18.5 Å². The maximum Gasteiger partial charge on any atom is 0.464 e. The van der Waals surface area contributed by atoms with Crippen LogP contribution in [0, 0.1) is 0 Å². The molecular formula is C12H29ClO3P2. The van der Waals surface area contributed by atoms with E-state index in [-0.39, 0.29) is 12.4 Å². The zero-order valence-electron chi connectivity index (χ0n) is 11.9. The molecule has 0 rings (SSSR count). The van der Waals surface area contributed by atoms with E-state index in [0.717, 1.165) is 57.0 Å². The van der Waals surface area contributed by atoms with Gasteiger partial charge in [-0.05, 0) is 19.3 Å². The fraction of sp³-hybridized carbons (Fsp3) is 1.00. The summed E-state index contributed by atoms with van der Waals surface area (Å²) in [6, 6.07) is 0. The van der Waals surface area contributed by atoms with Crippen molar-refractivity contribution in [3.8, 4) is 0 Å². The molecule has 6 heteroatoms. The van der Waals surface area contributed by atoms with Gasteiger partial charge in [-0.15, -0.1) is 0 Å². The van der Waals surface area contributed by atoms with Crippen LogP contribution in [-0.2, 0) is 4.57 Å². The molecule has 0 fully saturated rings. The van der Waals surface area contributed by atoms with Crippen molar-refractivity contribution in [3.63, 3.8) is 0 Å². The molecular weight excluding hydrogens is 290 g/mol. The van der Waals surface area contributed by atoms with E-state index in [1.807, 2.05) is 0 Å². The van der Waals surface area contributed by atoms with E-state index in [0.29, 0.717) is 0 Å². The van der Waals surface area contributed by atoms with Crippen molar-refractivity contribution >= 4 is 14.2 Å². The smallest absolute Gasteiger partial charge is 0.464 e. The Balaban J connectivity index is 0. The Morgan fingerprint density at radius 3 is 1.28 bits per heavy atom. The van der Waals surface area contributed by atoms with E-state index in [1.54, 1.807) is 0 Å². The summed E-state index contributed by atoms with van der Waals surface area (Å²) >= 11 is 0. The first kappa shape index (κ1) is 21.2. The van der Waals surface area contributed by atoms with Crippen LogP contribution >= 0.6 is 14.2 Å². The highest BCUT2D eigenvalue weighted by molar-refractivity contribution is 8.37. The van der Waals surface area contributed by atoms with E-state index >= 15 is 0 Å². The van der Waals surface area contributed by atoms with Crippen molar-refractivity contribution in [1.82, 2.24) is 0 Å². The van der Waals surface area contributed by atoms with Crippen LogP contribution in [0.3, 0.4) is 0 Å². The minimum Gasteiger partial charge on any atom is -1.00 e. The van der Waals surface area contributed by atoms with Crippen LogP contribution in [-0.4, -0.2) is 28.3 Å². The van der Waals surface area contributed by atoms with Gasteiger partial charge in [0.15, 0.2) is 0 Å². The highest BCUT2D eigenvalue weighted by atomic mass is 35.5. The topological polar surface area (TPSA) is 57.5 Å². The van der Waals surface area contributed by atoms with Crippen LogP contribution in [0.5, 0.6) is 0 Å². The highest BCUT2D eigenvalue weighted by Gasteiger charge is 2.52. The van der Waals surface area contributed by atoms with Crippen molar-refractivity contribution in [3.05, 3.63) is 0 Å². The van der Waals surface area contributed by atoms with Crippen molar-refractivity contribution in [2.75, 3.05) is 18.5 Å². The third kappa shape index (κ3) is 6.87. The molecule has 0 heterocycles. The van der Waals surface area contributed by atoms with Crippen molar-refractivity contribution in [2.24, 2.45) is 0 Å². The Bertz CT molecular complexity index is 222. The molecule has 2 N–H and O–H groups in total. The fourth-order valence-corrected chi connectivity index (χ4v) is 9.87. The number of hydrogen-bond acceptors (Lipinski definition) is 1. The van der Waals surface area contributed by atoms with Crippen LogP contribution in [0.15, 0.2) is 0 Å². The Morgan fingerprint density at radius 1 is 0.833 bits per heavy atom. The summed E-state index contributed by atoms with van der Waals surface area (Å²) in [6.07, 6.45) is 8.33. The Labute approximate surface area is 119 Å². The van der Waals surface area contributed by atoms with E-state index in [2.05, 4.69) is 20.8 Å². The summed E-state index contributed by atoms with van der Waals surface area (Å²) in [6.45, 7) is 4.21. The molecule has 0 atom stereocenters. The third-order valence-electron chi connectivity index (χ3n) is 3.34. The lowest BCUT2D eigenvalue weighted by molar-refractivity contribution is -0.00000856. The predicted octanol–water partition coefficient (Wildman–Crippen LogP) is 1.50. The molecule has 112 valence electrons. The van der Waals surface area contributed by atoms with Gasteiger partial charge >= 0.3 is 7.28 Å². The first-order chi connectivity index (χ1) is 7.93. The summed E-state index contributed by atoms with van der Waals surface area (Å²) in [5, 5.41) is 0. The van der Waals surface area contributed by atoms with Gasteiger partial charge in [-0.2, -0.15) is 0 Å². The van der Waals surface area contributed by atoms with Crippen LogP contribution < -0.4 is 12.4 Å². The van der Waals surface area contributed by atoms with Gasteiger partial charge in [-0.1, -0.05) is 40.0 Å². The molecule has 0 aromatic carbocycles. The molecule has 0 radical (unpaired) electrons. The van der Waals surface area contributed by atoms with Gasteiger partial charge in [0, 0.05) is 0 Å². The van der Waals surface area contributed by atoms with Gasteiger partial charge in [-0.3, -0.25) is 9.79 Å².